The molecule has 0 aliphatic carbocycles. The topological polar surface area (TPSA) is 37.4 Å². The quantitative estimate of drug-likeness (QED) is 0.605. The molecular weight excluding hydrogens is 140 g/mol. The SMILES string of the molecule is COCc1ccc([N+]#N)cc1. The van der Waals surface area contributed by atoms with Gasteiger partial charge in [0.15, 0.2) is 4.98 Å². The minimum Gasteiger partial charge on any atom is -0.380 e. The lowest BCUT2D eigenvalue weighted by Gasteiger charge is -1.94. The van der Waals surface area contributed by atoms with Crippen LogP contribution in [0.25, 0.3) is 4.98 Å². The molecule has 0 amide bonds. The standard InChI is InChI=1S/C8H9N2O/c1-11-6-7-2-4-8(10-9)5-3-7/h2-5H,6H2,1H3/q+1. The summed E-state index contributed by atoms with van der Waals surface area (Å²) in [4.78, 5) is 3.03. The predicted molar refractivity (Wildman–Crippen MR) is 41.9 cm³/mol. The van der Waals surface area contributed by atoms with E-state index in [0.717, 1.165) is 5.56 Å². The van der Waals surface area contributed by atoms with Gasteiger partial charge in [0.1, 0.15) is 0 Å². The van der Waals surface area contributed by atoms with Crippen LogP contribution >= 0.6 is 0 Å². The molecule has 56 valence electrons. The van der Waals surface area contributed by atoms with E-state index >= 15 is 0 Å². The van der Waals surface area contributed by atoms with Gasteiger partial charge in [0.2, 0.25) is 5.39 Å². The molecule has 1 aromatic rings. The maximum atomic E-state index is 8.35. The fraction of sp³-hybridized carbons (Fsp3) is 0.250. The number of diazo groups is 1. The lowest BCUT2D eigenvalue weighted by atomic mass is 10.2. The van der Waals surface area contributed by atoms with E-state index in [9.17, 15) is 0 Å². The highest BCUT2D eigenvalue weighted by atomic mass is 16.5. The van der Waals surface area contributed by atoms with Crippen molar-refractivity contribution in [1.29, 1.82) is 5.39 Å². The van der Waals surface area contributed by atoms with Crippen LogP contribution in [0.2, 0.25) is 0 Å². The summed E-state index contributed by atoms with van der Waals surface area (Å²) in [6.45, 7) is 0.589. The summed E-state index contributed by atoms with van der Waals surface area (Å²) < 4.78 is 4.91. The van der Waals surface area contributed by atoms with E-state index in [0.29, 0.717) is 12.3 Å². The van der Waals surface area contributed by atoms with Crippen molar-refractivity contribution in [3.63, 3.8) is 0 Å². The first-order chi connectivity index (χ1) is 5.36. The molecule has 0 saturated heterocycles. The molecule has 0 spiro atoms. The van der Waals surface area contributed by atoms with Crippen LogP contribution in [0.4, 0.5) is 5.69 Å². The molecule has 0 atom stereocenters. The van der Waals surface area contributed by atoms with Gasteiger partial charge in [0, 0.05) is 19.2 Å². The third-order valence-electron chi connectivity index (χ3n) is 1.36. The Morgan fingerprint density at radius 1 is 1.36 bits per heavy atom. The van der Waals surface area contributed by atoms with Crippen LogP contribution in [0.5, 0.6) is 0 Å². The third kappa shape index (κ3) is 2.03. The smallest absolute Gasteiger partial charge is 0.380 e. The molecule has 0 aromatic heterocycles. The van der Waals surface area contributed by atoms with Gasteiger partial charge in [-0.15, -0.1) is 0 Å². The van der Waals surface area contributed by atoms with Gasteiger partial charge >= 0.3 is 5.69 Å². The highest BCUT2D eigenvalue weighted by molar-refractivity contribution is 5.44. The van der Waals surface area contributed by atoms with Crippen LogP contribution in [-0.4, -0.2) is 7.11 Å². The molecule has 0 heterocycles. The van der Waals surface area contributed by atoms with Gasteiger partial charge in [0.25, 0.3) is 0 Å². The number of nitrogens with zero attached hydrogens (tertiary/aromatic N) is 2. The zero-order chi connectivity index (χ0) is 8.10. The highest BCUT2D eigenvalue weighted by Crippen LogP contribution is 2.12. The molecule has 0 unspecified atom stereocenters. The maximum Gasteiger partial charge on any atom is 0.385 e. The molecule has 11 heavy (non-hydrogen) atoms. The second-order valence-electron chi connectivity index (χ2n) is 2.20. The molecule has 0 saturated carbocycles. The molecule has 3 nitrogen and oxygen atoms in total. The van der Waals surface area contributed by atoms with Crippen LogP contribution < -0.4 is 0 Å². The maximum absolute atomic E-state index is 8.35. The van der Waals surface area contributed by atoms with Crippen molar-refractivity contribution < 1.29 is 4.74 Å². The van der Waals surface area contributed by atoms with Crippen molar-refractivity contribution >= 4 is 5.69 Å². The molecule has 1 rings (SSSR count). The molecule has 0 N–H and O–H groups in total. The Labute approximate surface area is 65.2 Å². The Bertz CT molecular complexity index is 260. The molecule has 0 aliphatic heterocycles. The third-order valence-corrected chi connectivity index (χ3v) is 1.36. The van der Waals surface area contributed by atoms with Crippen molar-refractivity contribution in [3.8, 4) is 0 Å². The monoisotopic (exact) mass is 149 g/mol. The van der Waals surface area contributed by atoms with E-state index in [-0.39, 0.29) is 0 Å². The molecule has 0 bridgehead atoms. The second-order valence-corrected chi connectivity index (χ2v) is 2.20. The zero-order valence-corrected chi connectivity index (χ0v) is 6.32. The summed E-state index contributed by atoms with van der Waals surface area (Å²) in [5.74, 6) is 0. The predicted octanol–water partition coefficient (Wildman–Crippen LogP) is 2.32. The first kappa shape index (κ1) is 7.70. The number of rotatable bonds is 2. The number of hydrogen-bond acceptors (Lipinski definition) is 2. The highest BCUT2D eigenvalue weighted by Gasteiger charge is 2.01. The van der Waals surface area contributed by atoms with Crippen molar-refractivity contribution in [2.24, 2.45) is 0 Å². The fourth-order valence-electron chi connectivity index (χ4n) is 0.826. The number of benzene rings is 1. The van der Waals surface area contributed by atoms with Crippen LogP contribution in [-0.2, 0) is 11.3 Å². The van der Waals surface area contributed by atoms with Crippen molar-refractivity contribution in [1.82, 2.24) is 0 Å². The van der Waals surface area contributed by atoms with Crippen LogP contribution in [0.1, 0.15) is 5.56 Å². The average molecular weight is 149 g/mol. The van der Waals surface area contributed by atoms with E-state index in [1.165, 1.54) is 0 Å². The fourth-order valence-corrected chi connectivity index (χ4v) is 0.826. The lowest BCUT2D eigenvalue weighted by Crippen LogP contribution is -1.84. The molecule has 1 aromatic carbocycles. The van der Waals surface area contributed by atoms with E-state index in [4.69, 9.17) is 10.1 Å². The lowest BCUT2D eigenvalue weighted by molar-refractivity contribution is 0.185. The van der Waals surface area contributed by atoms with Gasteiger partial charge in [-0.1, -0.05) is 0 Å². The number of ether oxygens (including phenoxy) is 1. The minimum atomic E-state index is 0.560. The Morgan fingerprint density at radius 3 is 2.45 bits per heavy atom. The van der Waals surface area contributed by atoms with E-state index < -0.39 is 0 Å². The molecule has 0 radical (unpaired) electrons. The van der Waals surface area contributed by atoms with Gasteiger partial charge in [0.05, 0.1) is 6.61 Å². The van der Waals surface area contributed by atoms with Gasteiger partial charge < -0.3 is 4.74 Å². The van der Waals surface area contributed by atoms with Crippen molar-refractivity contribution in [2.45, 2.75) is 6.61 Å². The van der Waals surface area contributed by atoms with Gasteiger partial charge in [-0.3, -0.25) is 0 Å². The number of methoxy groups -OCH3 is 1. The zero-order valence-electron chi connectivity index (χ0n) is 6.32. The van der Waals surface area contributed by atoms with Gasteiger partial charge in [-0.05, 0) is 17.7 Å². The Kier molecular flexibility index (Phi) is 2.59. The number of hydrogen-bond donors (Lipinski definition) is 0. The van der Waals surface area contributed by atoms with Crippen LogP contribution in [0, 0.1) is 5.39 Å². The second kappa shape index (κ2) is 3.69. The normalized spacial score (nSPS) is 9.09. The van der Waals surface area contributed by atoms with Gasteiger partial charge in [-0.2, -0.15) is 0 Å². The molecular formula is C8H9N2O+. The van der Waals surface area contributed by atoms with E-state index in [1.807, 2.05) is 12.1 Å². The first-order valence-corrected chi connectivity index (χ1v) is 3.30. The van der Waals surface area contributed by atoms with E-state index in [1.54, 1.807) is 19.2 Å². The van der Waals surface area contributed by atoms with E-state index in [2.05, 4.69) is 4.98 Å². The van der Waals surface area contributed by atoms with Crippen LogP contribution in [0.3, 0.4) is 0 Å². The summed E-state index contributed by atoms with van der Waals surface area (Å²) in [6, 6.07) is 7.18. The van der Waals surface area contributed by atoms with Crippen LogP contribution in [0.15, 0.2) is 24.3 Å². The van der Waals surface area contributed by atoms with Gasteiger partial charge in [-0.25, -0.2) is 0 Å². The summed E-state index contributed by atoms with van der Waals surface area (Å²) in [5.41, 5.74) is 1.63. The molecule has 0 aliphatic rings. The van der Waals surface area contributed by atoms with Crippen molar-refractivity contribution in [3.05, 3.63) is 34.8 Å². The largest absolute Gasteiger partial charge is 0.385 e. The Balaban J connectivity index is 2.76. The molecule has 3 heteroatoms. The first-order valence-electron chi connectivity index (χ1n) is 3.30. The average Bonchev–Trinajstić information content (AvgIpc) is 2.07. The van der Waals surface area contributed by atoms with Crippen molar-refractivity contribution in [2.75, 3.05) is 7.11 Å². The Hall–Kier alpha value is -1.40. The molecule has 0 fully saturated rings. The Morgan fingerprint density at radius 2 is 2.00 bits per heavy atom. The summed E-state index contributed by atoms with van der Waals surface area (Å²) in [6.07, 6.45) is 0. The minimum absolute atomic E-state index is 0.560. The summed E-state index contributed by atoms with van der Waals surface area (Å²) >= 11 is 0. The summed E-state index contributed by atoms with van der Waals surface area (Å²) in [5, 5.41) is 8.35. The summed E-state index contributed by atoms with van der Waals surface area (Å²) in [7, 11) is 1.64.